The maximum Gasteiger partial charge on any atom is 0.252 e. The Morgan fingerprint density at radius 1 is 1.23 bits per heavy atom. The molecule has 0 spiro atoms. The molecule has 8 heteroatoms. The predicted molar refractivity (Wildman–Crippen MR) is 105 cm³/mol. The van der Waals surface area contributed by atoms with Crippen molar-refractivity contribution in [1.29, 1.82) is 0 Å². The molecule has 0 saturated carbocycles. The summed E-state index contributed by atoms with van der Waals surface area (Å²) >= 11 is 9.24. The maximum absolute atomic E-state index is 12.0. The fraction of sp³-hybridized carbons (Fsp3) is 0.167. The van der Waals surface area contributed by atoms with Crippen molar-refractivity contribution in [2.75, 3.05) is 6.54 Å². The molecule has 136 valence electrons. The molecule has 0 aliphatic heterocycles. The number of nitrogens with one attached hydrogen (secondary N) is 2. The number of phenolic OH excluding ortho intramolecular Hbond substituents is 1. The highest BCUT2D eigenvalue weighted by Crippen LogP contribution is 2.19. The summed E-state index contributed by atoms with van der Waals surface area (Å²) in [6.07, 6.45) is 2.02. The number of halogens is 2. The number of hydrogen-bond acceptors (Lipinski definition) is 4. The molecule has 0 heterocycles. The number of rotatable bonds is 7. The number of benzene rings is 2. The molecule has 2 aromatic carbocycles. The van der Waals surface area contributed by atoms with Crippen molar-refractivity contribution in [1.82, 2.24) is 10.7 Å². The Balaban J connectivity index is 1.71. The Hall–Kier alpha value is -2.38. The van der Waals surface area contributed by atoms with Gasteiger partial charge in [-0.3, -0.25) is 9.59 Å². The Morgan fingerprint density at radius 2 is 2.00 bits per heavy atom. The first-order chi connectivity index (χ1) is 12.5. The standard InChI is InChI=1S/C18H17BrClN3O3/c19-13-7-8-16(24)12(10-13)11-22-23-17(25)6-3-9-21-18(26)14-4-1-2-5-15(14)20/h1-2,4-5,7-8,10-11,24H,3,6,9H2,(H,21,26)(H,23,25). The van der Waals surface area contributed by atoms with Gasteiger partial charge in [-0.2, -0.15) is 5.10 Å². The Labute approximate surface area is 164 Å². The molecule has 0 bridgehead atoms. The van der Waals surface area contributed by atoms with Gasteiger partial charge in [-0.15, -0.1) is 0 Å². The topological polar surface area (TPSA) is 90.8 Å². The molecular formula is C18H17BrClN3O3. The second-order valence-electron chi connectivity index (χ2n) is 5.34. The average molecular weight is 439 g/mol. The van der Waals surface area contributed by atoms with Crippen molar-refractivity contribution < 1.29 is 14.7 Å². The molecule has 3 N–H and O–H groups in total. The zero-order chi connectivity index (χ0) is 18.9. The summed E-state index contributed by atoms with van der Waals surface area (Å²) in [7, 11) is 0. The van der Waals surface area contributed by atoms with E-state index in [9.17, 15) is 14.7 Å². The lowest BCUT2D eigenvalue weighted by molar-refractivity contribution is -0.121. The summed E-state index contributed by atoms with van der Waals surface area (Å²) in [5, 5.41) is 16.6. The van der Waals surface area contributed by atoms with E-state index in [1.54, 1.807) is 36.4 Å². The molecule has 0 aromatic heterocycles. The fourth-order valence-electron chi connectivity index (χ4n) is 2.05. The Bertz CT molecular complexity index is 827. The number of nitrogens with zero attached hydrogens (tertiary/aromatic N) is 1. The largest absolute Gasteiger partial charge is 0.507 e. The lowest BCUT2D eigenvalue weighted by Crippen LogP contribution is -2.26. The van der Waals surface area contributed by atoms with Crippen LogP contribution in [0.1, 0.15) is 28.8 Å². The van der Waals surface area contributed by atoms with Crippen molar-refractivity contribution >= 4 is 45.6 Å². The number of carbonyl (C=O) groups excluding carboxylic acids is 2. The zero-order valence-electron chi connectivity index (χ0n) is 13.7. The summed E-state index contributed by atoms with van der Waals surface area (Å²) in [5.74, 6) is -0.504. The highest BCUT2D eigenvalue weighted by atomic mass is 79.9. The quantitative estimate of drug-likeness (QED) is 0.351. The van der Waals surface area contributed by atoms with Gasteiger partial charge in [-0.05, 0) is 36.8 Å². The Morgan fingerprint density at radius 3 is 2.77 bits per heavy atom. The minimum absolute atomic E-state index is 0.0634. The van der Waals surface area contributed by atoms with Gasteiger partial charge in [0.2, 0.25) is 5.91 Å². The Kier molecular flexibility index (Phi) is 7.62. The number of amides is 2. The second kappa shape index (κ2) is 9.94. The molecule has 2 amide bonds. The van der Waals surface area contributed by atoms with Gasteiger partial charge in [-0.25, -0.2) is 5.43 Å². The summed E-state index contributed by atoms with van der Waals surface area (Å²) in [5.41, 5.74) is 3.26. The van der Waals surface area contributed by atoms with E-state index in [0.29, 0.717) is 29.1 Å². The second-order valence-corrected chi connectivity index (χ2v) is 6.66. The van der Waals surface area contributed by atoms with Crippen LogP contribution in [0.25, 0.3) is 0 Å². The minimum atomic E-state index is -0.289. The zero-order valence-corrected chi connectivity index (χ0v) is 16.0. The average Bonchev–Trinajstić information content (AvgIpc) is 2.62. The van der Waals surface area contributed by atoms with Gasteiger partial charge in [-0.1, -0.05) is 39.7 Å². The van der Waals surface area contributed by atoms with Crippen LogP contribution in [0.3, 0.4) is 0 Å². The van der Waals surface area contributed by atoms with E-state index in [4.69, 9.17) is 11.6 Å². The third kappa shape index (κ3) is 6.16. The van der Waals surface area contributed by atoms with E-state index in [2.05, 4.69) is 31.8 Å². The van der Waals surface area contributed by atoms with Crippen molar-refractivity contribution in [3.8, 4) is 5.75 Å². The lowest BCUT2D eigenvalue weighted by atomic mass is 10.2. The van der Waals surface area contributed by atoms with Crippen LogP contribution in [-0.2, 0) is 4.79 Å². The number of phenols is 1. The van der Waals surface area contributed by atoms with Gasteiger partial charge in [0.25, 0.3) is 5.91 Å². The smallest absolute Gasteiger partial charge is 0.252 e. The van der Waals surface area contributed by atoms with E-state index < -0.39 is 0 Å². The first kappa shape index (κ1) is 19.9. The van der Waals surface area contributed by atoms with E-state index in [1.807, 2.05) is 0 Å². The van der Waals surface area contributed by atoms with Crippen LogP contribution in [0.2, 0.25) is 5.02 Å². The van der Waals surface area contributed by atoms with Crippen LogP contribution in [0.15, 0.2) is 52.0 Å². The molecule has 0 aliphatic rings. The number of hydrogen-bond donors (Lipinski definition) is 3. The molecule has 2 rings (SSSR count). The van der Waals surface area contributed by atoms with Crippen molar-refractivity contribution in [3.05, 3.63) is 63.1 Å². The molecule has 0 fully saturated rings. The van der Waals surface area contributed by atoms with Crippen molar-refractivity contribution in [2.45, 2.75) is 12.8 Å². The van der Waals surface area contributed by atoms with Crippen LogP contribution < -0.4 is 10.7 Å². The molecule has 0 unspecified atom stereocenters. The molecule has 0 aliphatic carbocycles. The molecule has 6 nitrogen and oxygen atoms in total. The predicted octanol–water partition coefficient (Wildman–Crippen LogP) is 3.47. The number of aromatic hydroxyl groups is 1. The first-order valence-electron chi connectivity index (χ1n) is 7.80. The molecular weight excluding hydrogens is 422 g/mol. The summed E-state index contributed by atoms with van der Waals surface area (Å²) < 4.78 is 0.789. The van der Waals surface area contributed by atoms with Crippen LogP contribution in [-0.4, -0.2) is 29.7 Å². The molecule has 2 aromatic rings. The van der Waals surface area contributed by atoms with E-state index in [0.717, 1.165) is 4.47 Å². The third-order valence-electron chi connectivity index (χ3n) is 3.37. The molecule has 0 saturated heterocycles. The van der Waals surface area contributed by atoms with Gasteiger partial charge in [0, 0.05) is 23.0 Å². The monoisotopic (exact) mass is 437 g/mol. The lowest BCUT2D eigenvalue weighted by Gasteiger charge is -2.06. The van der Waals surface area contributed by atoms with E-state index in [-0.39, 0.29) is 24.0 Å². The molecule has 0 atom stereocenters. The minimum Gasteiger partial charge on any atom is -0.507 e. The molecule has 26 heavy (non-hydrogen) atoms. The maximum atomic E-state index is 12.0. The van der Waals surface area contributed by atoms with Crippen molar-refractivity contribution in [2.24, 2.45) is 5.10 Å². The van der Waals surface area contributed by atoms with E-state index in [1.165, 1.54) is 12.3 Å². The summed E-state index contributed by atoms with van der Waals surface area (Å²) in [6.45, 7) is 0.341. The number of hydrazone groups is 1. The summed E-state index contributed by atoms with van der Waals surface area (Å²) in [4.78, 5) is 23.7. The van der Waals surface area contributed by atoms with Gasteiger partial charge in [0.15, 0.2) is 0 Å². The normalized spacial score (nSPS) is 10.7. The third-order valence-corrected chi connectivity index (χ3v) is 4.19. The molecule has 0 radical (unpaired) electrons. The van der Waals surface area contributed by atoms with Gasteiger partial charge in [0.1, 0.15) is 5.75 Å². The summed E-state index contributed by atoms with van der Waals surface area (Å²) in [6, 6.07) is 11.7. The van der Waals surface area contributed by atoms with Crippen molar-refractivity contribution in [3.63, 3.8) is 0 Å². The van der Waals surface area contributed by atoms with Crippen LogP contribution in [0.4, 0.5) is 0 Å². The van der Waals surface area contributed by atoms with Gasteiger partial charge < -0.3 is 10.4 Å². The fourth-order valence-corrected chi connectivity index (χ4v) is 2.65. The highest BCUT2D eigenvalue weighted by molar-refractivity contribution is 9.10. The van der Waals surface area contributed by atoms with E-state index >= 15 is 0 Å². The van der Waals surface area contributed by atoms with Gasteiger partial charge >= 0.3 is 0 Å². The number of carbonyl (C=O) groups is 2. The van der Waals surface area contributed by atoms with Crippen LogP contribution in [0, 0.1) is 0 Å². The highest BCUT2D eigenvalue weighted by Gasteiger charge is 2.09. The van der Waals surface area contributed by atoms with Crippen LogP contribution in [0.5, 0.6) is 5.75 Å². The van der Waals surface area contributed by atoms with Crippen LogP contribution >= 0.6 is 27.5 Å². The SMILES string of the molecule is O=C(CCCNC(=O)c1ccccc1Cl)NN=Cc1cc(Br)ccc1O. The first-order valence-corrected chi connectivity index (χ1v) is 8.97. The van der Waals surface area contributed by atoms with Gasteiger partial charge in [0.05, 0.1) is 16.8 Å².